The lowest BCUT2D eigenvalue weighted by Gasteiger charge is -2.38. The van der Waals surface area contributed by atoms with Crippen LogP contribution in [0.3, 0.4) is 0 Å². The summed E-state index contributed by atoms with van der Waals surface area (Å²) in [4.78, 5) is 0. The van der Waals surface area contributed by atoms with E-state index in [1.54, 1.807) is 21.3 Å². The molecule has 2 rings (SSSR count). The van der Waals surface area contributed by atoms with Crippen LogP contribution >= 0.6 is 0 Å². The highest BCUT2D eigenvalue weighted by atomic mass is 28.4. The first kappa shape index (κ1) is 23.3. The van der Waals surface area contributed by atoms with Crippen LogP contribution in [0, 0.1) is 17.8 Å². The Kier molecular flexibility index (Phi) is 10.9. The SMILES string of the molecule is CCCC[C@H]1CC[C@H]([C@H]2CC[C@H](OCCC[Si](OC)(OC)OC)CC2)CC1. The zero-order valence-electron chi connectivity index (χ0n) is 18.3. The largest absolute Gasteiger partial charge is 0.500 e. The van der Waals surface area contributed by atoms with Crippen LogP contribution in [-0.2, 0) is 18.0 Å². The molecular weight excluding hydrogens is 356 g/mol. The first-order valence-electron chi connectivity index (χ1n) is 11.4. The lowest BCUT2D eigenvalue weighted by molar-refractivity contribution is 0.00548. The van der Waals surface area contributed by atoms with Gasteiger partial charge in [-0.25, -0.2) is 0 Å². The molecule has 0 atom stereocenters. The molecule has 2 aliphatic rings. The molecule has 0 heterocycles. The minimum Gasteiger partial charge on any atom is -0.378 e. The van der Waals surface area contributed by atoms with Crippen molar-refractivity contribution in [3.05, 3.63) is 0 Å². The molecule has 0 aromatic rings. The van der Waals surface area contributed by atoms with Gasteiger partial charge in [0, 0.05) is 34.0 Å². The number of hydrogen-bond acceptors (Lipinski definition) is 4. The number of hydrogen-bond donors (Lipinski definition) is 0. The molecule has 27 heavy (non-hydrogen) atoms. The summed E-state index contributed by atoms with van der Waals surface area (Å²) in [5.74, 6) is 3.00. The van der Waals surface area contributed by atoms with Crippen molar-refractivity contribution in [1.82, 2.24) is 0 Å². The normalized spacial score (nSPS) is 29.8. The van der Waals surface area contributed by atoms with E-state index in [0.29, 0.717) is 6.10 Å². The molecule has 0 aliphatic heterocycles. The average Bonchev–Trinajstić information content (AvgIpc) is 2.74. The molecule has 2 aliphatic carbocycles. The summed E-state index contributed by atoms with van der Waals surface area (Å²) in [6.07, 6.45) is 16.9. The van der Waals surface area contributed by atoms with Gasteiger partial charge in [-0.3, -0.25) is 0 Å². The third-order valence-corrected chi connectivity index (χ3v) is 9.99. The Bertz CT molecular complexity index is 364. The van der Waals surface area contributed by atoms with Crippen LogP contribution in [0.25, 0.3) is 0 Å². The van der Waals surface area contributed by atoms with Gasteiger partial charge in [0.2, 0.25) is 0 Å². The average molecular weight is 401 g/mol. The van der Waals surface area contributed by atoms with E-state index in [4.69, 9.17) is 18.0 Å². The predicted octanol–water partition coefficient (Wildman–Crippen LogP) is 5.83. The molecule has 0 spiro atoms. The van der Waals surface area contributed by atoms with Crippen molar-refractivity contribution in [1.29, 1.82) is 0 Å². The van der Waals surface area contributed by atoms with Gasteiger partial charge in [-0.15, -0.1) is 0 Å². The smallest absolute Gasteiger partial charge is 0.378 e. The van der Waals surface area contributed by atoms with Crippen LogP contribution in [0.1, 0.15) is 84.0 Å². The summed E-state index contributed by atoms with van der Waals surface area (Å²) in [7, 11) is 2.61. The van der Waals surface area contributed by atoms with E-state index < -0.39 is 8.80 Å². The van der Waals surface area contributed by atoms with Crippen LogP contribution in [0.4, 0.5) is 0 Å². The maximum Gasteiger partial charge on any atom is 0.500 e. The Morgan fingerprint density at radius 3 is 1.81 bits per heavy atom. The monoisotopic (exact) mass is 400 g/mol. The molecule has 0 N–H and O–H groups in total. The molecule has 2 saturated carbocycles. The van der Waals surface area contributed by atoms with Crippen LogP contribution in [-0.4, -0.2) is 42.8 Å². The van der Waals surface area contributed by atoms with Crippen molar-refractivity contribution in [2.75, 3.05) is 27.9 Å². The van der Waals surface area contributed by atoms with Crippen molar-refractivity contribution in [3.8, 4) is 0 Å². The molecule has 4 nitrogen and oxygen atoms in total. The second-order valence-electron chi connectivity index (χ2n) is 8.73. The molecule has 5 heteroatoms. The number of unbranched alkanes of at least 4 members (excludes halogenated alkanes) is 1. The zero-order chi connectivity index (χ0) is 19.5. The first-order chi connectivity index (χ1) is 13.2. The molecule has 2 fully saturated rings. The van der Waals surface area contributed by atoms with Crippen molar-refractivity contribution in [3.63, 3.8) is 0 Å². The van der Waals surface area contributed by atoms with E-state index in [-0.39, 0.29) is 0 Å². The minimum atomic E-state index is -2.43. The zero-order valence-corrected chi connectivity index (χ0v) is 19.3. The molecule has 0 saturated heterocycles. The van der Waals surface area contributed by atoms with Crippen molar-refractivity contribution in [2.24, 2.45) is 17.8 Å². The molecular formula is C22H44O4Si. The predicted molar refractivity (Wildman–Crippen MR) is 113 cm³/mol. The van der Waals surface area contributed by atoms with Crippen molar-refractivity contribution in [2.45, 2.75) is 96.1 Å². The van der Waals surface area contributed by atoms with Gasteiger partial charge in [0.25, 0.3) is 0 Å². The third kappa shape index (κ3) is 7.43. The summed E-state index contributed by atoms with van der Waals surface area (Å²) in [5, 5.41) is 0. The minimum absolute atomic E-state index is 0.464. The highest BCUT2D eigenvalue weighted by Crippen LogP contribution is 2.41. The van der Waals surface area contributed by atoms with Crippen LogP contribution in [0.5, 0.6) is 0 Å². The van der Waals surface area contributed by atoms with Crippen LogP contribution in [0.2, 0.25) is 6.04 Å². The first-order valence-corrected chi connectivity index (χ1v) is 13.4. The van der Waals surface area contributed by atoms with Crippen LogP contribution in [0.15, 0.2) is 0 Å². The lowest BCUT2D eigenvalue weighted by Crippen LogP contribution is -2.42. The van der Waals surface area contributed by atoms with Gasteiger partial charge in [0.05, 0.1) is 6.10 Å². The van der Waals surface area contributed by atoms with Crippen molar-refractivity contribution >= 4 is 8.80 Å². The van der Waals surface area contributed by atoms with Gasteiger partial charge < -0.3 is 18.0 Å². The second-order valence-corrected chi connectivity index (χ2v) is 11.8. The third-order valence-electron chi connectivity index (χ3n) is 7.16. The molecule has 0 radical (unpaired) electrons. The van der Waals surface area contributed by atoms with E-state index >= 15 is 0 Å². The van der Waals surface area contributed by atoms with E-state index in [2.05, 4.69) is 6.92 Å². The molecule has 0 unspecified atom stereocenters. The summed E-state index contributed by atoms with van der Waals surface area (Å²) >= 11 is 0. The second kappa shape index (κ2) is 12.6. The molecule has 0 bridgehead atoms. The van der Waals surface area contributed by atoms with E-state index in [9.17, 15) is 0 Å². The standard InChI is InChI=1S/C22H44O4Si/c1-5-6-8-19-9-11-20(12-10-19)21-13-15-22(16-14-21)26-17-7-18-27(23-2,24-3)25-4/h19-22H,5-18H2,1-4H3/t19-,20-,21-,22-. The van der Waals surface area contributed by atoms with Gasteiger partial charge in [0.15, 0.2) is 0 Å². The summed E-state index contributed by atoms with van der Waals surface area (Å²) < 4.78 is 22.6. The van der Waals surface area contributed by atoms with Crippen LogP contribution < -0.4 is 0 Å². The maximum atomic E-state index is 6.16. The Morgan fingerprint density at radius 1 is 0.741 bits per heavy atom. The lowest BCUT2D eigenvalue weighted by atomic mass is 9.70. The molecule has 0 amide bonds. The van der Waals surface area contributed by atoms with Gasteiger partial charge in [0.1, 0.15) is 0 Å². The maximum absolute atomic E-state index is 6.16. The summed E-state index contributed by atoms with van der Waals surface area (Å²) in [6, 6.07) is 0.827. The molecule has 160 valence electrons. The Labute approximate surface area is 169 Å². The summed E-state index contributed by atoms with van der Waals surface area (Å²) in [6.45, 7) is 3.11. The number of rotatable bonds is 12. The van der Waals surface area contributed by atoms with E-state index in [0.717, 1.165) is 36.8 Å². The van der Waals surface area contributed by atoms with E-state index in [1.807, 2.05) is 0 Å². The fraction of sp³-hybridized carbons (Fsp3) is 1.00. The Hall–Kier alpha value is 0.0569. The van der Waals surface area contributed by atoms with E-state index in [1.165, 1.54) is 70.6 Å². The van der Waals surface area contributed by atoms with Crippen molar-refractivity contribution < 1.29 is 18.0 Å². The Morgan fingerprint density at radius 2 is 1.30 bits per heavy atom. The van der Waals surface area contributed by atoms with Gasteiger partial charge in [-0.2, -0.15) is 0 Å². The highest BCUT2D eigenvalue weighted by Gasteiger charge is 2.37. The van der Waals surface area contributed by atoms with Gasteiger partial charge in [-0.05, 0) is 62.7 Å². The fourth-order valence-corrected chi connectivity index (χ4v) is 6.95. The molecule has 0 aromatic carbocycles. The fourth-order valence-electron chi connectivity index (χ4n) is 5.26. The topological polar surface area (TPSA) is 36.9 Å². The quantitative estimate of drug-likeness (QED) is 0.305. The molecule has 0 aromatic heterocycles. The highest BCUT2D eigenvalue weighted by molar-refractivity contribution is 6.60. The van der Waals surface area contributed by atoms with Gasteiger partial charge in [-0.1, -0.05) is 39.0 Å². The Balaban J connectivity index is 1.58. The number of ether oxygens (including phenoxy) is 1. The van der Waals surface area contributed by atoms with Gasteiger partial charge >= 0.3 is 8.80 Å². The summed E-state index contributed by atoms with van der Waals surface area (Å²) in [5.41, 5.74) is 0.